The van der Waals surface area contributed by atoms with Gasteiger partial charge in [-0.1, -0.05) is 425 Å². The van der Waals surface area contributed by atoms with E-state index in [9.17, 15) is 5.53 Å². The van der Waals surface area contributed by atoms with Crippen LogP contribution in [-0.2, 0) is 29.3 Å². The van der Waals surface area contributed by atoms with Crippen LogP contribution in [0.15, 0.2) is 60.2 Å². The van der Waals surface area contributed by atoms with Gasteiger partial charge in [0.2, 0.25) is 11.4 Å². The van der Waals surface area contributed by atoms with Crippen LogP contribution in [0, 0.1) is 13.8 Å². The fourth-order valence-corrected chi connectivity index (χ4v) is 13.5. The number of hydrogen-bond acceptors (Lipinski definition) is 0. The van der Waals surface area contributed by atoms with E-state index in [-0.39, 0.29) is 16.5 Å². The van der Waals surface area contributed by atoms with Gasteiger partial charge in [0.05, 0.1) is 0 Å². The molecule has 1 aliphatic heterocycles. The van der Waals surface area contributed by atoms with Crippen molar-refractivity contribution in [2.24, 2.45) is 0 Å². The SMILES string of the molecule is CCCCC1=C(c2cccc(CCCC)c2)[N+](=[N-])C(c2cccc(CCCC)c2)=C1.[CH2-]CCCCCCCCCCCCCCCCCCCCCCCCCCCCC.[CH2-]CCCCCCCCCCCCCCCCCCCCCCCCCCCCC.[Ni+2]. The Morgan fingerprint density at radius 1 is 0.275 bits per heavy atom. The molecule has 0 fully saturated rings. The standard InChI is InChI=1S/2C30H61.C28H36N2.Ni/c2*1-3-5-7-9-11-13-15-17-19-21-23-25-27-29-30-28-26-24-22-20-18-16-14-12-10-8-6-4-2;1-4-7-12-22-14-10-17-24(19-22)27-21-26(16-9-6-3)28(30(27)29)25-18-11-15-23(20-25)13-8-5-2;/h2*1,3-30H2,2H3;10-11,14-15,17-21H,4-9,12-13,16H2,1-3H3;/q2*-1;;+2. The van der Waals surface area contributed by atoms with Crippen molar-refractivity contribution in [1.29, 1.82) is 0 Å². The van der Waals surface area contributed by atoms with Crippen molar-refractivity contribution in [2.45, 2.75) is 452 Å². The molecule has 0 aliphatic carbocycles. The normalized spacial score (nSPS) is 12.1. The monoisotopic (exact) mass is 1300 g/mol. The summed E-state index contributed by atoms with van der Waals surface area (Å²) in [7, 11) is 0. The maximum absolute atomic E-state index is 11.3. The van der Waals surface area contributed by atoms with Gasteiger partial charge in [0.25, 0.3) is 0 Å². The molecule has 1 heterocycles. The Morgan fingerprint density at radius 3 is 0.747 bits per heavy atom. The molecule has 3 rings (SSSR count). The van der Waals surface area contributed by atoms with Gasteiger partial charge < -0.3 is 19.4 Å². The van der Waals surface area contributed by atoms with Crippen molar-refractivity contribution in [3.8, 4) is 0 Å². The molecule has 0 aromatic heterocycles. The zero-order valence-corrected chi connectivity index (χ0v) is 63.3. The first-order valence-electron chi connectivity index (χ1n) is 41.2. The van der Waals surface area contributed by atoms with E-state index in [1.807, 2.05) is 0 Å². The average Bonchev–Trinajstić information content (AvgIpc) is 2.09. The fraction of sp³-hybridized carbons (Fsp3) is 0.795. The van der Waals surface area contributed by atoms with Crippen LogP contribution >= 0.6 is 0 Å². The first kappa shape index (κ1) is 89.0. The molecular weight excluding hydrogens is 1140 g/mol. The molecule has 3 heteroatoms. The zero-order chi connectivity index (χ0) is 64.9. The topological polar surface area (TPSA) is 25.3 Å². The molecule has 0 saturated heterocycles. The molecule has 530 valence electrons. The molecule has 0 saturated carbocycles. The minimum Gasteiger partial charge on any atom is -0.493 e. The molecule has 0 bridgehead atoms. The quantitative estimate of drug-likeness (QED) is 0.0273. The Hall–Kier alpha value is -1.99. The van der Waals surface area contributed by atoms with Crippen molar-refractivity contribution >= 4 is 11.4 Å². The van der Waals surface area contributed by atoms with Crippen LogP contribution in [0.2, 0.25) is 0 Å². The largest absolute Gasteiger partial charge is 2.00 e. The molecule has 2 aromatic rings. The van der Waals surface area contributed by atoms with Crippen molar-refractivity contribution in [1.82, 2.24) is 0 Å². The average molecular weight is 1300 g/mol. The Labute approximate surface area is 582 Å². The molecular formula is C88H158N2Ni. The minimum atomic E-state index is 0. The van der Waals surface area contributed by atoms with Gasteiger partial charge in [0.15, 0.2) is 0 Å². The van der Waals surface area contributed by atoms with Gasteiger partial charge >= 0.3 is 16.5 Å². The predicted octanol–water partition coefficient (Wildman–Crippen LogP) is 31.9. The predicted molar refractivity (Wildman–Crippen MR) is 409 cm³/mol. The second kappa shape index (κ2) is 72.3. The zero-order valence-electron chi connectivity index (χ0n) is 62.3. The van der Waals surface area contributed by atoms with Gasteiger partial charge in [-0.15, -0.1) is 0 Å². The summed E-state index contributed by atoms with van der Waals surface area (Å²) < 4.78 is 1.43. The summed E-state index contributed by atoms with van der Waals surface area (Å²) >= 11 is 0. The van der Waals surface area contributed by atoms with E-state index in [0.717, 1.165) is 67.5 Å². The fourth-order valence-electron chi connectivity index (χ4n) is 13.5. The summed E-state index contributed by atoms with van der Waals surface area (Å²) in [6, 6.07) is 17.4. The number of aryl methyl sites for hydroxylation is 2. The number of hydrogen-bond donors (Lipinski definition) is 0. The molecule has 1 aliphatic rings. The molecule has 2 aromatic carbocycles. The summed E-state index contributed by atoms with van der Waals surface area (Å²) in [4.78, 5) is 0. The van der Waals surface area contributed by atoms with Crippen LogP contribution in [0.4, 0.5) is 0 Å². The number of unbranched alkanes of at least 4 members (excludes halogenated alkanes) is 57. The van der Waals surface area contributed by atoms with E-state index in [1.54, 1.807) is 0 Å². The van der Waals surface area contributed by atoms with Crippen molar-refractivity contribution in [2.75, 3.05) is 0 Å². The van der Waals surface area contributed by atoms with Crippen molar-refractivity contribution < 1.29 is 21.2 Å². The summed E-state index contributed by atoms with van der Waals surface area (Å²) in [6.45, 7) is 19.1. The minimum absolute atomic E-state index is 0. The number of rotatable bonds is 65. The Kier molecular flexibility index (Phi) is 70.7. The van der Waals surface area contributed by atoms with Gasteiger partial charge in [-0.05, 0) is 73.9 Å². The van der Waals surface area contributed by atoms with E-state index < -0.39 is 0 Å². The number of allylic oxidation sites excluding steroid dienone is 2. The van der Waals surface area contributed by atoms with Crippen molar-refractivity contribution in [3.63, 3.8) is 0 Å². The molecule has 0 unspecified atom stereocenters. The van der Waals surface area contributed by atoms with E-state index in [4.69, 9.17) is 0 Å². The summed E-state index contributed by atoms with van der Waals surface area (Å²) in [6.07, 6.45) is 94.0. The molecule has 0 spiro atoms. The summed E-state index contributed by atoms with van der Waals surface area (Å²) in [5.41, 5.74) is 19.3. The van der Waals surface area contributed by atoms with Gasteiger partial charge in [0.1, 0.15) is 0 Å². The van der Waals surface area contributed by atoms with Crippen LogP contribution in [0.5, 0.6) is 0 Å². The van der Waals surface area contributed by atoms with Gasteiger partial charge in [0, 0.05) is 22.8 Å². The third-order valence-electron chi connectivity index (χ3n) is 19.6. The van der Waals surface area contributed by atoms with Crippen LogP contribution in [-0.4, -0.2) is 4.70 Å². The van der Waals surface area contributed by atoms with Crippen LogP contribution in [0.3, 0.4) is 0 Å². The third-order valence-corrected chi connectivity index (χ3v) is 19.6. The maximum atomic E-state index is 11.3. The van der Waals surface area contributed by atoms with E-state index >= 15 is 0 Å². The summed E-state index contributed by atoms with van der Waals surface area (Å²) in [5.74, 6) is 0. The number of nitrogens with zero attached hydrogens (tertiary/aromatic N) is 2. The Bertz CT molecular complexity index is 1740. The first-order valence-corrected chi connectivity index (χ1v) is 41.2. The Morgan fingerprint density at radius 2 is 0.495 bits per heavy atom. The summed E-state index contributed by atoms with van der Waals surface area (Å²) in [5, 5.41) is 0. The van der Waals surface area contributed by atoms with Crippen LogP contribution in [0.25, 0.3) is 16.9 Å². The van der Waals surface area contributed by atoms with Crippen LogP contribution in [0.1, 0.15) is 461 Å². The molecule has 0 amide bonds. The molecule has 0 atom stereocenters. The van der Waals surface area contributed by atoms with Gasteiger partial charge in [-0.3, -0.25) is 0 Å². The van der Waals surface area contributed by atoms with Gasteiger partial charge in [-0.2, -0.15) is 12.8 Å². The van der Waals surface area contributed by atoms with Gasteiger partial charge in [-0.25, -0.2) is 4.70 Å². The second-order valence-electron chi connectivity index (χ2n) is 28.5. The van der Waals surface area contributed by atoms with Crippen molar-refractivity contribution in [3.05, 3.63) is 102 Å². The molecule has 2 nitrogen and oxygen atoms in total. The molecule has 0 radical (unpaired) electrons. The van der Waals surface area contributed by atoms with E-state index in [2.05, 4.69) is 103 Å². The molecule has 91 heavy (non-hydrogen) atoms. The molecule has 0 N–H and O–H groups in total. The van der Waals surface area contributed by atoms with E-state index in [0.29, 0.717) is 0 Å². The maximum Gasteiger partial charge on any atom is 2.00 e. The van der Waals surface area contributed by atoms with Crippen LogP contribution < -0.4 is 0 Å². The second-order valence-corrected chi connectivity index (χ2v) is 28.5. The number of benzene rings is 2. The first-order chi connectivity index (χ1) is 44.5. The smallest absolute Gasteiger partial charge is 0.493 e. The third kappa shape index (κ3) is 55.8. The van der Waals surface area contributed by atoms with E-state index in [1.165, 1.54) is 394 Å². The Balaban J connectivity index is 0.00000133.